The number of hydrogen-bond donors (Lipinski definition) is 2. The minimum atomic E-state index is -0.341. The fourth-order valence-corrected chi connectivity index (χ4v) is 2.72. The zero-order valence-corrected chi connectivity index (χ0v) is 13.2. The van der Waals surface area contributed by atoms with E-state index in [2.05, 4.69) is 10.6 Å². The summed E-state index contributed by atoms with van der Waals surface area (Å²) in [7, 11) is 0. The van der Waals surface area contributed by atoms with Crippen molar-refractivity contribution in [3.05, 3.63) is 52.9 Å². The highest BCUT2D eigenvalue weighted by molar-refractivity contribution is 7.80. The topological polar surface area (TPSA) is 50.4 Å². The molecule has 2 aromatic rings. The fourth-order valence-electron chi connectivity index (χ4n) is 1.70. The molecule has 0 saturated heterocycles. The largest absolute Gasteiger partial charge is 0.462 e. The lowest BCUT2D eigenvalue weighted by Crippen LogP contribution is -2.28. The number of nitrogens with one attached hydrogen (secondary N) is 2. The molecule has 1 aromatic carbocycles. The van der Waals surface area contributed by atoms with Crippen LogP contribution in [0.25, 0.3) is 0 Å². The normalized spacial score (nSPS) is 9.95. The first-order valence-electron chi connectivity index (χ1n) is 6.54. The van der Waals surface area contributed by atoms with Gasteiger partial charge in [0.05, 0.1) is 12.2 Å². The average molecular weight is 320 g/mol. The Kier molecular flexibility index (Phi) is 5.71. The lowest BCUT2D eigenvalue weighted by atomic mass is 10.2. The Bertz CT molecular complexity index is 611. The number of thiocarbonyl (C=S) groups is 1. The maximum absolute atomic E-state index is 11.8. The third kappa shape index (κ3) is 4.54. The second-order valence-electron chi connectivity index (χ2n) is 4.18. The van der Waals surface area contributed by atoms with E-state index in [9.17, 15) is 4.79 Å². The lowest BCUT2D eigenvalue weighted by Gasteiger charge is -2.10. The molecule has 21 heavy (non-hydrogen) atoms. The standard InChI is InChI=1S/C15H16N2O2S2/c1-2-19-14(18)12-8-9-21-13(12)17-15(20)16-10-11-6-4-3-5-7-11/h3-9H,2,10H2,1H3,(H2,16,17,20). The molecule has 110 valence electrons. The van der Waals surface area contributed by atoms with E-state index in [0.29, 0.717) is 28.8 Å². The fraction of sp³-hybridized carbons (Fsp3) is 0.200. The molecule has 0 spiro atoms. The summed E-state index contributed by atoms with van der Waals surface area (Å²) in [4.78, 5) is 11.8. The Hall–Kier alpha value is -1.92. The molecule has 6 heteroatoms. The number of hydrogen-bond acceptors (Lipinski definition) is 4. The van der Waals surface area contributed by atoms with E-state index >= 15 is 0 Å². The van der Waals surface area contributed by atoms with Crippen LogP contribution in [0.3, 0.4) is 0 Å². The van der Waals surface area contributed by atoms with Crippen molar-refractivity contribution in [3.63, 3.8) is 0 Å². The van der Waals surface area contributed by atoms with Crippen molar-refractivity contribution in [2.75, 3.05) is 11.9 Å². The molecule has 0 aliphatic heterocycles. The van der Waals surface area contributed by atoms with Gasteiger partial charge in [0.25, 0.3) is 0 Å². The molecule has 2 rings (SSSR count). The molecule has 0 bridgehead atoms. The van der Waals surface area contributed by atoms with Gasteiger partial charge >= 0.3 is 5.97 Å². The highest BCUT2D eigenvalue weighted by Gasteiger charge is 2.14. The number of rotatable bonds is 5. The van der Waals surface area contributed by atoms with Gasteiger partial charge in [-0.05, 0) is 36.2 Å². The van der Waals surface area contributed by atoms with Crippen molar-refractivity contribution in [1.82, 2.24) is 5.32 Å². The molecule has 0 aliphatic carbocycles. The Labute approximate surface area is 133 Å². The molecule has 4 nitrogen and oxygen atoms in total. The van der Waals surface area contributed by atoms with Crippen LogP contribution >= 0.6 is 23.6 Å². The summed E-state index contributed by atoms with van der Waals surface area (Å²) in [5.74, 6) is -0.341. The maximum atomic E-state index is 11.8. The molecular weight excluding hydrogens is 304 g/mol. The van der Waals surface area contributed by atoms with Crippen LogP contribution in [0.5, 0.6) is 0 Å². The summed E-state index contributed by atoms with van der Waals surface area (Å²) in [6, 6.07) is 11.7. The number of carbonyl (C=O) groups is 1. The monoisotopic (exact) mass is 320 g/mol. The lowest BCUT2D eigenvalue weighted by molar-refractivity contribution is 0.0528. The predicted molar refractivity (Wildman–Crippen MR) is 89.8 cm³/mol. The molecule has 1 heterocycles. The van der Waals surface area contributed by atoms with Gasteiger partial charge in [-0.15, -0.1) is 11.3 Å². The van der Waals surface area contributed by atoms with Crippen molar-refractivity contribution < 1.29 is 9.53 Å². The number of carbonyl (C=O) groups excluding carboxylic acids is 1. The molecule has 0 atom stereocenters. The number of thiophene rings is 1. The van der Waals surface area contributed by atoms with Gasteiger partial charge in [-0.3, -0.25) is 0 Å². The number of esters is 1. The number of anilines is 1. The summed E-state index contributed by atoms with van der Waals surface area (Å²) < 4.78 is 5.00. The number of benzene rings is 1. The van der Waals surface area contributed by atoms with Gasteiger partial charge in [0, 0.05) is 6.54 Å². The molecule has 2 N–H and O–H groups in total. The summed E-state index contributed by atoms with van der Waals surface area (Å²) in [5, 5.41) is 9.15. The smallest absolute Gasteiger partial charge is 0.341 e. The van der Waals surface area contributed by atoms with Gasteiger partial charge in [-0.25, -0.2) is 4.79 Å². The Morgan fingerprint density at radius 1 is 1.29 bits per heavy atom. The van der Waals surface area contributed by atoms with Crippen molar-refractivity contribution in [2.45, 2.75) is 13.5 Å². The zero-order valence-electron chi connectivity index (χ0n) is 11.6. The molecule has 0 unspecified atom stereocenters. The molecule has 0 amide bonds. The third-order valence-corrected chi connectivity index (χ3v) is 3.76. The Morgan fingerprint density at radius 3 is 2.76 bits per heavy atom. The average Bonchev–Trinajstić information content (AvgIpc) is 2.95. The van der Waals surface area contributed by atoms with Gasteiger partial charge in [0.2, 0.25) is 0 Å². The first-order chi connectivity index (χ1) is 10.2. The summed E-state index contributed by atoms with van der Waals surface area (Å²) in [6.45, 7) is 2.76. The van der Waals surface area contributed by atoms with E-state index < -0.39 is 0 Å². The van der Waals surface area contributed by atoms with Gasteiger partial charge in [0.15, 0.2) is 5.11 Å². The Balaban J connectivity index is 1.91. The Morgan fingerprint density at radius 2 is 2.05 bits per heavy atom. The first-order valence-corrected chi connectivity index (χ1v) is 7.83. The molecule has 0 saturated carbocycles. The molecule has 0 fully saturated rings. The van der Waals surface area contributed by atoms with Crippen LogP contribution in [0, 0.1) is 0 Å². The van der Waals surface area contributed by atoms with Gasteiger partial charge in [0.1, 0.15) is 5.00 Å². The molecular formula is C15H16N2O2S2. The summed E-state index contributed by atoms with van der Waals surface area (Å²) >= 11 is 6.66. The minimum absolute atomic E-state index is 0.341. The minimum Gasteiger partial charge on any atom is -0.462 e. The molecule has 0 radical (unpaired) electrons. The van der Waals surface area contributed by atoms with Crippen molar-refractivity contribution >= 4 is 39.6 Å². The number of ether oxygens (including phenoxy) is 1. The highest BCUT2D eigenvalue weighted by Crippen LogP contribution is 2.23. The van der Waals surface area contributed by atoms with E-state index in [-0.39, 0.29) is 5.97 Å². The SMILES string of the molecule is CCOC(=O)c1ccsc1NC(=S)NCc1ccccc1. The van der Waals surface area contributed by atoms with E-state index in [1.807, 2.05) is 35.7 Å². The maximum Gasteiger partial charge on any atom is 0.341 e. The molecule has 0 aliphatic rings. The van der Waals surface area contributed by atoms with Crippen LogP contribution in [-0.2, 0) is 11.3 Å². The quantitative estimate of drug-likeness (QED) is 0.653. The van der Waals surface area contributed by atoms with Gasteiger partial charge in [-0.1, -0.05) is 30.3 Å². The van der Waals surface area contributed by atoms with Crippen LogP contribution in [-0.4, -0.2) is 17.7 Å². The van der Waals surface area contributed by atoms with Crippen molar-refractivity contribution in [1.29, 1.82) is 0 Å². The van der Waals surface area contributed by atoms with E-state index in [4.69, 9.17) is 17.0 Å². The van der Waals surface area contributed by atoms with Crippen LogP contribution in [0.2, 0.25) is 0 Å². The van der Waals surface area contributed by atoms with Crippen LogP contribution < -0.4 is 10.6 Å². The van der Waals surface area contributed by atoms with E-state index in [0.717, 1.165) is 5.56 Å². The van der Waals surface area contributed by atoms with Crippen LogP contribution in [0.1, 0.15) is 22.8 Å². The second kappa shape index (κ2) is 7.75. The van der Waals surface area contributed by atoms with Crippen LogP contribution in [0.15, 0.2) is 41.8 Å². The van der Waals surface area contributed by atoms with Crippen LogP contribution in [0.4, 0.5) is 5.00 Å². The van der Waals surface area contributed by atoms with Crippen molar-refractivity contribution in [3.8, 4) is 0 Å². The summed E-state index contributed by atoms with van der Waals surface area (Å²) in [6.07, 6.45) is 0. The second-order valence-corrected chi connectivity index (χ2v) is 5.50. The van der Waals surface area contributed by atoms with Gasteiger partial charge < -0.3 is 15.4 Å². The third-order valence-electron chi connectivity index (χ3n) is 2.68. The van der Waals surface area contributed by atoms with Crippen molar-refractivity contribution in [2.24, 2.45) is 0 Å². The molecule has 1 aromatic heterocycles. The summed E-state index contributed by atoms with van der Waals surface area (Å²) in [5.41, 5.74) is 1.64. The first kappa shape index (κ1) is 15.5. The van der Waals surface area contributed by atoms with E-state index in [1.54, 1.807) is 13.0 Å². The highest BCUT2D eigenvalue weighted by atomic mass is 32.1. The van der Waals surface area contributed by atoms with E-state index in [1.165, 1.54) is 11.3 Å². The predicted octanol–water partition coefficient (Wildman–Crippen LogP) is 3.41. The zero-order chi connectivity index (χ0) is 15.1. The van der Waals surface area contributed by atoms with Gasteiger partial charge in [-0.2, -0.15) is 0 Å².